The smallest absolute Gasteiger partial charge is 0.399 e. The molecule has 0 amide bonds. The van der Waals surface area contributed by atoms with Crippen LogP contribution < -0.4 is 10.4 Å². The van der Waals surface area contributed by atoms with Crippen LogP contribution in [0.15, 0.2) is 18.3 Å². The van der Waals surface area contributed by atoms with Crippen molar-refractivity contribution in [1.29, 1.82) is 0 Å². The van der Waals surface area contributed by atoms with Crippen molar-refractivity contribution >= 4 is 24.2 Å². The first kappa shape index (κ1) is 15.5. The fourth-order valence-corrected chi connectivity index (χ4v) is 2.72. The molecule has 2 saturated heterocycles. The summed E-state index contributed by atoms with van der Waals surface area (Å²) in [6.45, 7) is 9.66. The highest BCUT2D eigenvalue weighted by Gasteiger charge is 2.51. The summed E-state index contributed by atoms with van der Waals surface area (Å²) in [5.41, 5.74) is 0.276. The minimum atomic E-state index is -0.377. The van der Waals surface area contributed by atoms with Crippen LogP contribution in [0, 0.1) is 0 Å². The summed E-state index contributed by atoms with van der Waals surface area (Å²) in [6, 6.07) is 3.94. The Balaban J connectivity index is 1.79. The molecule has 0 aromatic carbocycles. The molecule has 0 aliphatic carbocycles. The Morgan fingerprint density at radius 1 is 1.14 bits per heavy atom. The van der Waals surface area contributed by atoms with Gasteiger partial charge in [-0.25, -0.2) is 4.98 Å². The Morgan fingerprint density at radius 3 is 2.32 bits per heavy atom. The Hall–Kier alpha value is -1.40. The lowest BCUT2D eigenvalue weighted by atomic mass is 9.79. The molecule has 0 saturated carbocycles. The number of carbonyl (C=O) groups excluding carboxylic acids is 1. The maximum Gasteiger partial charge on any atom is 0.495 e. The van der Waals surface area contributed by atoms with E-state index < -0.39 is 0 Å². The molecule has 3 rings (SSSR count). The third kappa shape index (κ3) is 2.77. The number of hydrogen-bond acceptors (Lipinski definition) is 5. The van der Waals surface area contributed by atoms with E-state index in [9.17, 15) is 4.79 Å². The molecule has 0 radical (unpaired) electrons. The molecule has 118 valence electrons. The summed E-state index contributed by atoms with van der Waals surface area (Å²) in [6.07, 6.45) is 2.98. The van der Waals surface area contributed by atoms with E-state index in [1.807, 2.05) is 39.8 Å². The first-order valence-electron chi connectivity index (χ1n) is 7.87. The van der Waals surface area contributed by atoms with E-state index in [-0.39, 0.29) is 18.3 Å². The summed E-state index contributed by atoms with van der Waals surface area (Å²) < 4.78 is 12.2. The SMILES string of the molecule is CC1(C)OB(c2ccnc(N3CCC(=O)CC3)c2)OC1(C)C. The number of rotatable bonds is 2. The van der Waals surface area contributed by atoms with Gasteiger partial charge in [-0.2, -0.15) is 0 Å². The minimum absolute atomic E-state index is 0.332. The largest absolute Gasteiger partial charge is 0.495 e. The number of anilines is 1. The predicted octanol–water partition coefficient (Wildman–Crippen LogP) is 1.55. The summed E-state index contributed by atoms with van der Waals surface area (Å²) in [5.74, 6) is 1.22. The third-order valence-electron chi connectivity index (χ3n) is 4.94. The second-order valence-electron chi connectivity index (χ2n) is 7.06. The van der Waals surface area contributed by atoms with Crippen LogP contribution in [-0.4, -0.2) is 42.2 Å². The molecule has 0 bridgehead atoms. The molecule has 1 aromatic rings. The Morgan fingerprint density at radius 2 is 1.73 bits per heavy atom. The summed E-state index contributed by atoms with van der Waals surface area (Å²) in [4.78, 5) is 18.0. The highest BCUT2D eigenvalue weighted by atomic mass is 16.7. The third-order valence-corrected chi connectivity index (χ3v) is 4.94. The monoisotopic (exact) mass is 302 g/mol. The molecule has 3 heterocycles. The van der Waals surface area contributed by atoms with E-state index in [1.54, 1.807) is 6.20 Å². The molecular formula is C16H23BN2O3. The van der Waals surface area contributed by atoms with Gasteiger partial charge < -0.3 is 14.2 Å². The number of hydrogen-bond donors (Lipinski definition) is 0. The maximum absolute atomic E-state index is 11.4. The number of aromatic nitrogens is 1. The topological polar surface area (TPSA) is 51.7 Å². The van der Waals surface area contributed by atoms with Gasteiger partial charge in [0.2, 0.25) is 0 Å². The van der Waals surface area contributed by atoms with E-state index in [1.165, 1.54) is 0 Å². The van der Waals surface area contributed by atoms with Crippen LogP contribution in [0.5, 0.6) is 0 Å². The zero-order chi connectivity index (χ0) is 16.0. The number of carbonyl (C=O) groups is 1. The molecule has 2 fully saturated rings. The minimum Gasteiger partial charge on any atom is -0.399 e. The number of nitrogens with zero attached hydrogens (tertiary/aromatic N) is 2. The number of piperidine rings is 1. The van der Waals surface area contributed by atoms with Crippen molar-refractivity contribution in [2.75, 3.05) is 18.0 Å². The van der Waals surface area contributed by atoms with Crippen molar-refractivity contribution in [2.45, 2.75) is 51.7 Å². The zero-order valence-electron chi connectivity index (χ0n) is 13.8. The van der Waals surface area contributed by atoms with Crippen LogP contribution in [0.1, 0.15) is 40.5 Å². The van der Waals surface area contributed by atoms with Crippen molar-refractivity contribution in [1.82, 2.24) is 4.98 Å². The van der Waals surface area contributed by atoms with Crippen molar-refractivity contribution in [3.05, 3.63) is 18.3 Å². The van der Waals surface area contributed by atoms with Crippen LogP contribution in [0.2, 0.25) is 0 Å². The van der Waals surface area contributed by atoms with Crippen LogP contribution in [-0.2, 0) is 14.1 Å². The molecule has 1 aromatic heterocycles. The average Bonchev–Trinajstić information content (AvgIpc) is 2.68. The van der Waals surface area contributed by atoms with Gasteiger partial charge in [0, 0.05) is 32.1 Å². The average molecular weight is 302 g/mol. The Kier molecular flexibility index (Phi) is 3.77. The quantitative estimate of drug-likeness (QED) is 0.776. The molecule has 0 atom stereocenters. The second-order valence-corrected chi connectivity index (χ2v) is 7.06. The molecular weight excluding hydrogens is 279 g/mol. The molecule has 0 N–H and O–H groups in total. The van der Waals surface area contributed by atoms with E-state index in [0.717, 1.165) is 24.4 Å². The molecule has 6 heteroatoms. The lowest BCUT2D eigenvalue weighted by Crippen LogP contribution is -2.41. The van der Waals surface area contributed by atoms with Gasteiger partial charge in [0.05, 0.1) is 11.2 Å². The highest BCUT2D eigenvalue weighted by Crippen LogP contribution is 2.36. The van der Waals surface area contributed by atoms with Gasteiger partial charge in [0.1, 0.15) is 11.6 Å². The van der Waals surface area contributed by atoms with Crippen molar-refractivity contribution in [2.24, 2.45) is 0 Å². The van der Waals surface area contributed by atoms with Gasteiger partial charge in [-0.1, -0.05) is 0 Å². The molecule has 2 aliphatic rings. The second kappa shape index (κ2) is 5.35. The number of pyridine rings is 1. The molecule has 2 aliphatic heterocycles. The van der Waals surface area contributed by atoms with Crippen LogP contribution >= 0.6 is 0 Å². The van der Waals surface area contributed by atoms with Crippen LogP contribution in [0.4, 0.5) is 5.82 Å². The summed E-state index contributed by atoms with van der Waals surface area (Å²) in [7, 11) is -0.377. The summed E-state index contributed by atoms with van der Waals surface area (Å²) in [5, 5.41) is 0. The van der Waals surface area contributed by atoms with E-state index in [2.05, 4.69) is 9.88 Å². The van der Waals surface area contributed by atoms with E-state index in [0.29, 0.717) is 18.6 Å². The Bertz CT molecular complexity index is 563. The molecule has 0 spiro atoms. The van der Waals surface area contributed by atoms with Gasteiger partial charge in [-0.15, -0.1) is 0 Å². The molecule has 22 heavy (non-hydrogen) atoms. The molecule has 5 nitrogen and oxygen atoms in total. The maximum atomic E-state index is 11.4. The standard InChI is InChI=1S/C16H23BN2O3/c1-15(2)16(3,4)22-17(21-15)12-5-8-18-14(11-12)19-9-6-13(20)7-10-19/h5,8,11H,6-7,9-10H2,1-4H3. The number of ketones is 1. The number of Topliss-reactive ketones (excluding diaryl/α,β-unsaturated/α-hetero) is 1. The van der Waals surface area contributed by atoms with Gasteiger partial charge in [-0.3, -0.25) is 4.79 Å². The highest BCUT2D eigenvalue weighted by molar-refractivity contribution is 6.62. The lowest BCUT2D eigenvalue weighted by molar-refractivity contribution is -0.119. The summed E-state index contributed by atoms with van der Waals surface area (Å²) >= 11 is 0. The van der Waals surface area contributed by atoms with Crippen molar-refractivity contribution < 1.29 is 14.1 Å². The first-order valence-corrected chi connectivity index (χ1v) is 7.87. The normalized spacial score (nSPS) is 23.9. The lowest BCUT2D eigenvalue weighted by Gasteiger charge is -2.32. The zero-order valence-corrected chi connectivity index (χ0v) is 13.8. The first-order chi connectivity index (χ1) is 10.3. The fourth-order valence-electron chi connectivity index (χ4n) is 2.72. The van der Waals surface area contributed by atoms with Crippen LogP contribution in [0.25, 0.3) is 0 Å². The van der Waals surface area contributed by atoms with E-state index >= 15 is 0 Å². The fraction of sp³-hybridized carbons (Fsp3) is 0.625. The van der Waals surface area contributed by atoms with Gasteiger partial charge in [-0.05, 0) is 45.3 Å². The van der Waals surface area contributed by atoms with Gasteiger partial charge in [0.25, 0.3) is 0 Å². The van der Waals surface area contributed by atoms with Gasteiger partial charge >= 0.3 is 7.12 Å². The van der Waals surface area contributed by atoms with E-state index in [4.69, 9.17) is 9.31 Å². The van der Waals surface area contributed by atoms with Crippen LogP contribution in [0.3, 0.4) is 0 Å². The van der Waals surface area contributed by atoms with Crippen molar-refractivity contribution in [3.8, 4) is 0 Å². The Labute approximate surface area is 132 Å². The predicted molar refractivity (Wildman–Crippen MR) is 86.4 cm³/mol. The molecule has 0 unspecified atom stereocenters. The van der Waals surface area contributed by atoms with Crippen molar-refractivity contribution in [3.63, 3.8) is 0 Å². The van der Waals surface area contributed by atoms with Gasteiger partial charge in [0.15, 0.2) is 0 Å².